The Kier molecular flexibility index (Phi) is 3.45. The van der Waals surface area contributed by atoms with Crippen LogP contribution in [0.25, 0.3) is 11.0 Å². The molecular formula is C12H16N3O3+. The summed E-state index contributed by atoms with van der Waals surface area (Å²) in [6.45, 7) is 5.91. The highest BCUT2D eigenvalue weighted by Gasteiger charge is 2.25. The third kappa shape index (κ3) is 2.27. The molecule has 96 valence electrons. The maximum absolute atomic E-state index is 11.4. The molecule has 1 heterocycles. The highest BCUT2D eigenvalue weighted by atomic mass is 16.8. The third-order valence-electron chi connectivity index (χ3n) is 2.37. The van der Waals surface area contributed by atoms with Gasteiger partial charge in [0.1, 0.15) is 6.04 Å². The van der Waals surface area contributed by atoms with Crippen molar-refractivity contribution in [2.75, 3.05) is 6.61 Å². The lowest BCUT2D eigenvalue weighted by molar-refractivity contribution is -0.918. The number of nitrogens with zero attached hydrogens (tertiary/aromatic N) is 3. The van der Waals surface area contributed by atoms with E-state index in [4.69, 9.17) is 9.57 Å². The second kappa shape index (κ2) is 5.03. The van der Waals surface area contributed by atoms with Gasteiger partial charge in [0.05, 0.1) is 11.7 Å². The van der Waals surface area contributed by atoms with Gasteiger partial charge in [-0.2, -0.15) is 9.63 Å². The monoisotopic (exact) mass is 250 g/mol. The van der Waals surface area contributed by atoms with Gasteiger partial charge >= 0.3 is 6.16 Å². The maximum atomic E-state index is 11.4. The molecule has 1 aromatic carbocycles. The average Bonchev–Trinajstić information content (AvgIpc) is 2.69. The van der Waals surface area contributed by atoms with Crippen LogP contribution in [0.15, 0.2) is 24.3 Å². The van der Waals surface area contributed by atoms with Gasteiger partial charge in [0.2, 0.25) is 0 Å². The van der Waals surface area contributed by atoms with E-state index in [-0.39, 0.29) is 12.6 Å². The molecule has 1 aromatic heterocycles. The molecule has 0 fully saturated rings. The van der Waals surface area contributed by atoms with Crippen LogP contribution in [0.4, 0.5) is 4.79 Å². The minimum atomic E-state index is -0.741. The average molecular weight is 250 g/mol. The normalized spacial score (nSPS) is 10.9. The van der Waals surface area contributed by atoms with E-state index in [2.05, 4.69) is 5.10 Å². The summed E-state index contributed by atoms with van der Waals surface area (Å²) in [6.07, 6.45) is -0.741. The zero-order chi connectivity index (χ0) is 13.1. The summed E-state index contributed by atoms with van der Waals surface area (Å²) in [7, 11) is 0. The molecule has 0 saturated carbocycles. The van der Waals surface area contributed by atoms with Crippen molar-refractivity contribution in [3.8, 4) is 0 Å². The van der Waals surface area contributed by atoms with Gasteiger partial charge in [-0.15, -0.1) is 0 Å². The molecule has 0 unspecified atom stereocenters. The largest absolute Gasteiger partial charge is 0.553 e. The van der Waals surface area contributed by atoms with Gasteiger partial charge in [0.15, 0.2) is 0 Å². The van der Waals surface area contributed by atoms with Crippen LogP contribution in [0, 0.1) is 0 Å². The predicted molar refractivity (Wildman–Crippen MR) is 63.9 cm³/mol. The molecule has 0 amide bonds. The standard InChI is InChI=1S/C12H16N3O3/c1-4-17-12(16)18-15-11-8-6-5-7-10(11)13-14(15)9(2)3/h5-9H,4H2,1-3H3/q+1. The lowest BCUT2D eigenvalue weighted by Gasteiger charge is -2.03. The number of rotatable bonds is 3. The Hall–Kier alpha value is -2.11. The molecular weight excluding hydrogens is 234 g/mol. The van der Waals surface area contributed by atoms with Crippen molar-refractivity contribution in [3.05, 3.63) is 24.3 Å². The first-order chi connectivity index (χ1) is 8.63. The molecule has 0 radical (unpaired) electrons. The molecule has 0 spiro atoms. The molecule has 2 aromatic rings. The Morgan fingerprint density at radius 1 is 1.44 bits per heavy atom. The summed E-state index contributed by atoms with van der Waals surface area (Å²) in [5.74, 6) is 0. The zero-order valence-corrected chi connectivity index (χ0v) is 10.7. The van der Waals surface area contributed by atoms with Crippen LogP contribution < -0.4 is 9.68 Å². The topological polar surface area (TPSA) is 57.2 Å². The Labute approximate surface area is 105 Å². The van der Waals surface area contributed by atoms with Crippen molar-refractivity contribution >= 4 is 17.2 Å². The van der Waals surface area contributed by atoms with Crippen LogP contribution in [0.1, 0.15) is 26.8 Å². The van der Waals surface area contributed by atoms with Gasteiger partial charge in [0, 0.05) is 4.85 Å². The fourth-order valence-electron chi connectivity index (χ4n) is 1.60. The Morgan fingerprint density at radius 3 is 2.83 bits per heavy atom. The number of hydrogen-bond acceptors (Lipinski definition) is 4. The van der Waals surface area contributed by atoms with Gasteiger partial charge < -0.3 is 4.74 Å². The van der Waals surface area contributed by atoms with Crippen molar-refractivity contribution in [1.82, 2.24) is 9.90 Å². The second-order valence-corrected chi connectivity index (χ2v) is 4.05. The maximum Gasteiger partial charge on any atom is 0.553 e. The van der Waals surface area contributed by atoms with Crippen LogP contribution >= 0.6 is 0 Å². The fraction of sp³-hybridized carbons (Fsp3) is 0.417. The van der Waals surface area contributed by atoms with E-state index in [1.807, 2.05) is 38.1 Å². The molecule has 0 N–H and O–H groups in total. The molecule has 0 bridgehead atoms. The van der Waals surface area contributed by atoms with E-state index < -0.39 is 6.16 Å². The van der Waals surface area contributed by atoms with Crippen molar-refractivity contribution in [1.29, 1.82) is 0 Å². The first kappa shape index (κ1) is 12.3. The summed E-state index contributed by atoms with van der Waals surface area (Å²) in [4.78, 5) is 19.5. The van der Waals surface area contributed by atoms with Crippen molar-refractivity contribution < 1.29 is 19.2 Å². The molecule has 0 aliphatic heterocycles. The number of carbonyl (C=O) groups is 1. The molecule has 6 heteroatoms. The van der Waals surface area contributed by atoms with E-state index in [0.29, 0.717) is 0 Å². The Bertz CT molecular complexity index is 563. The van der Waals surface area contributed by atoms with Crippen LogP contribution in [0.5, 0.6) is 0 Å². The summed E-state index contributed by atoms with van der Waals surface area (Å²) < 4.78 is 4.78. The van der Waals surface area contributed by atoms with Gasteiger partial charge in [-0.25, -0.2) is 0 Å². The van der Waals surface area contributed by atoms with Gasteiger partial charge in [0.25, 0.3) is 11.0 Å². The number of aromatic nitrogens is 3. The van der Waals surface area contributed by atoms with Crippen LogP contribution in [0.2, 0.25) is 0 Å². The molecule has 2 rings (SSSR count). The Balaban J connectivity index is 2.45. The van der Waals surface area contributed by atoms with Gasteiger partial charge in [-0.3, -0.25) is 0 Å². The first-order valence-electron chi connectivity index (χ1n) is 5.88. The predicted octanol–water partition coefficient (Wildman–Crippen LogP) is 1.49. The highest BCUT2D eigenvalue weighted by Crippen LogP contribution is 2.08. The molecule has 0 aliphatic rings. The summed E-state index contributed by atoms with van der Waals surface area (Å²) in [5.41, 5.74) is 1.48. The van der Waals surface area contributed by atoms with E-state index in [9.17, 15) is 4.79 Å². The molecule has 0 aliphatic carbocycles. The number of hydrogen-bond donors (Lipinski definition) is 0. The van der Waals surface area contributed by atoms with Gasteiger partial charge in [-0.05, 0) is 37.7 Å². The van der Waals surface area contributed by atoms with E-state index in [1.165, 1.54) is 4.85 Å². The molecule has 6 nitrogen and oxygen atoms in total. The number of fused-ring (bicyclic) bond motifs is 1. The smallest absolute Gasteiger partial charge is 0.432 e. The number of carbonyl (C=O) groups excluding carboxylic acids is 1. The first-order valence-corrected chi connectivity index (χ1v) is 5.88. The minimum absolute atomic E-state index is 0.0619. The van der Waals surface area contributed by atoms with Crippen molar-refractivity contribution in [2.45, 2.75) is 26.8 Å². The second-order valence-electron chi connectivity index (χ2n) is 4.05. The zero-order valence-electron chi connectivity index (χ0n) is 10.7. The van der Waals surface area contributed by atoms with E-state index >= 15 is 0 Å². The van der Waals surface area contributed by atoms with Gasteiger partial charge in [-0.1, -0.05) is 12.1 Å². The van der Waals surface area contributed by atoms with Crippen LogP contribution in [0.3, 0.4) is 0 Å². The SMILES string of the molecule is CCOC(=O)O[n+]1c2ccccc2nn1C(C)C. The van der Waals surface area contributed by atoms with Crippen molar-refractivity contribution in [3.63, 3.8) is 0 Å². The van der Waals surface area contributed by atoms with E-state index in [0.717, 1.165) is 11.0 Å². The Morgan fingerprint density at radius 2 is 2.17 bits per heavy atom. The summed E-state index contributed by atoms with van der Waals surface area (Å²) in [6, 6.07) is 7.50. The quantitative estimate of drug-likeness (QED) is 0.470. The number of para-hydroxylation sites is 1. The number of ether oxygens (including phenoxy) is 1. The minimum Gasteiger partial charge on any atom is -0.432 e. The van der Waals surface area contributed by atoms with E-state index in [1.54, 1.807) is 11.7 Å². The molecule has 0 atom stereocenters. The molecule has 0 saturated heterocycles. The van der Waals surface area contributed by atoms with Crippen LogP contribution in [-0.4, -0.2) is 22.7 Å². The highest BCUT2D eigenvalue weighted by molar-refractivity contribution is 5.70. The van der Waals surface area contributed by atoms with Crippen LogP contribution in [-0.2, 0) is 4.74 Å². The fourth-order valence-corrected chi connectivity index (χ4v) is 1.60. The van der Waals surface area contributed by atoms with Crippen molar-refractivity contribution in [2.24, 2.45) is 0 Å². The summed E-state index contributed by atoms with van der Waals surface area (Å²) >= 11 is 0. The lowest BCUT2D eigenvalue weighted by atomic mass is 10.3. The summed E-state index contributed by atoms with van der Waals surface area (Å²) in [5, 5.41) is 4.37. The molecule has 18 heavy (non-hydrogen) atoms. The number of benzene rings is 1. The lowest BCUT2D eigenvalue weighted by Crippen LogP contribution is -2.54. The third-order valence-corrected chi connectivity index (χ3v) is 2.37.